The van der Waals surface area contributed by atoms with E-state index in [4.69, 9.17) is 24.2 Å². The zero-order valence-corrected chi connectivity index (χ0v) is 30.4. The molecule has 7 N–H and O–H groups in total. The van der Waals surface area contributed by atoms with Gasteiger partial charge in [0.15, 0.2) is 12.4 Å². The number of hydrogen-bond donors (Lipinski definition) is 7. The first kappa shape index (κ1) is 43.5. The van der Waals surface area contributed by atoms with Crippen LogP contribution < -0.4 is 20.7 Å². The zero-order chi connectivity index (χ0) is 41.4. The molecule has 1 aromatic heterocycles. The first-order valence-corrected chi connectivity index (χ1v) is 17.3. The lowest BCUT2D eigenvalue weighted by Gasteiger charge is -2.31. The highest BCUT2D eigenvalue weighted by atomic mass is 16.7. The van der Waals surface area contributed by atoms with Crippen molar-refractivity contribution in [3.63, 3.8) is 0 Å². The Hall–Kier alpha value is -6.92. The number of unbranched alkanes of at least 4 members (excludes halogenated alkanes) is 2. The Morgan fingerprint density at radius 1 is 0.875 bits per heavy atom. The Morgan fingerprint density at radius 3 is 2.23 bits per heavy atom. The van der Waals surface area contributed by atoms with Gasteiger partial charge in [-0.25, -0.2) is 14.4 Å². The Morgan fingerprint density at radius 2 is 1.61 bits per heavy atom. The van der Waals surface area contributed by atoms with Gasteiger partial charge in [0.05, 0.1) is 30.6 Å². The van der Waals surface area contributed by atoms with Crippen molar-refractivity contribution in [1.82, 2.24) is 21.0 Å². The number of rotatable bonds is 23. The number of aliphatic carboxylic acids is 3. The molecule has 3 aromatic rings. The van der Waals surface area contributed by atoms with Crippen molar-refractivity contribution < 1.29 is 72.8 Å². The van der Waals surface area contributed by atoms with Crippen molar-refractivity contribution in [3.05, 3.63) is 71.5 Å². The molecule has 0 saturated heterocycles. The summed E-state index contributed by atoms with van der Waals surface area (Å²) in [6, 6.07) is 9.31. The number of furan rings is 1. The Kier molecular flexibility index (Phi) is 16.4. The molecule has 0 saturated carbocycles. The van der Waals surface area contributed by atoms with E-state index < -0.39 is 72.6 Å². The number of aromatic hydroxyl groups is 1. The van der Waals surface area contributed by atoms with Gasteiger partial charge < -0.3 is 50.4 Å². The van der Waals surface area contributed by atoms with Crippen LogP contribution in [-0.2, 0) is 28.8 Å². The minimum Gasteiger partial charge on any atom is -0.507 e. The standard InChI is InChI=1S/C37H42N4O15/c1-3-5-6-9-22(26(4-2)41(20-42)56-37(53)23-10-7-8-11-27(23)43)33(48)38-19-39-35(50)29-15-14-28(55-29)21-12-13-24(30(16-21)54-18-32(46)47)34(49)40-25(36(51)52)17-31(44)45/h7-8,10-16,20,22,25-26,43H,3-6,9,17-19H2,1-2H3,(H,38,48)(H,39,50)(H,40,49)(H,44,45)(H,46,47)(H,51,52). The largest absolute Gasteiger partial charge is 0.507 e. The molecule has 4 amide bonds. The third kappa shape index (κ3) is 12.3. The van der Waals surface area contributed by atoms with Gasteiger partial charge in [0.1, 0.15) is 28.9 Å². The van der Waals surface area contributed by atoms with Crippen LogP contribution in [0, 0.1) is 5.92 Å². The van der Waals surface area contributed by atoms with E-state index in [9.17, 15) is 48.6 Å². The minimum atomic E-state index is -1.80. The number of ether oxygens (including phenoxy) is 1. The number of carboxylic acids is 3. The summed E-state index contributed by atoms with van der Waals surface area (Å²) in [7, 11) is 0. The Labute approximate surface area is 319 Å². The summed E-state index contributed by atoms with van der Waals surface area (Å²) in [5.74, 6) is -9.54. The first-order chi connectivity index (χ1) is 26.7. The molecule has 19 nitrogen and oxygen atoms in total. The van der Waals surface area contributed by atoms with E-state index in [1.807, 2.05) is 6.92 Å². The molecule has 19 heteroatoms. The van der Waals surface area contributed by atoms with Crippen LogP contribution >= 0.6 is 0 Å². The lowest BCUT2D eigenvalue weighted by atomic mass is 9.90. The van der Waals surface area contributed by atoms with Crippen molar-refractivity contribution >= 4 is 48.0 Å². The maximum atomic E-state index is 13.5. The molecule has 3 rings (SSSR count). The number of carboxylic acid groups (broad SMARTS) is 3. The van der Waals surface area contributed by atoms with Crippen molar-refractivity contribution in [2.24, 2.45) is 5.92 Å². The molecule has 1 heterocycles. The van der Waals surface area contributed by atoms with Gasteiger partial charge in [-0.2, -0.15) is 5.06 Å². The molecule has 3 atom stereocenters. The van der Waals surface area contributed by atoms with E-state index in [0.29, 0.717) is 12.8 Å². The SMILES string of the molecule is CCCCCC(C(=O)NCNC(=O)c1ccc(-c2ccc(C(=O)NC(CC(=O)O)C(=O)O)c(OCC(=O)O)c2)o1)C(CC)N(C=O)OC(=O)c1ccccc1O. The summed E-state index contributed by atoms with van der Waals surface area (Å²) in [6.07, 6.45) is 2.09. The van der Waals surface area contributed by atoms with Crippen molar-refractivity contribution in [3.8, 4) is 22.8 Å². The third-order valence-electron chi connectivity index (χ3n) is 8.27. The molecule has 0 fully saturated rings. The number of carbonyl (C=O) groups is 8. The van der Waals surface area contributed by atoms with Gasteiger partial charge in [-0.05, 0) is 49.2 Å². The Bertz CT molecular complexity index is 1910. The van der Waals surface area contributed by atoms with E-state index in [-0.39, 0.29) is 59.2 Å². The summed E-state index contributed by atoms with van der Waals surface area (Å²) in [5, 5.41) is 45.3. The van der Waals surface area contributed by atoms with Crippen LogP contribution in [0.4, 0.5) is 0 Å². The van der Waals surface area contributed by atoms with Crippen molar-refractivity contribution in [1.29, 1.82) is 0 Å². The number of nitrogens with zero attached hydrogens (tertiary/aromatic N) is 1. The van der Waals surface area contributed by atoms with Crippen LogP contribution in [0.3, 0.4) is 0 Å². The molecule has 0 aliphatic carbocycles. The van der Waals surface area contributed by atoms with Crippen molar-refractivity contribution in [2.75, 3.05) is 13.3 Å². The number of phenols is 1. The van der Waals surface area contributed by atoms with E-state index in [1.54, 1.807) is 6.92 Å². The summed E-state index contributed by atoms with van der Waals surface area (Å²) >= 11 is 0. The number of nitrogens with one attached hydrogen (secondary N) is 3. The average molecular weight is 783 g/mol. The fourth-order valence-corrected chi connectivity index (χ4v) is 5.49. The molecule has 2 aromatic carbocycles. The molecule has 0 spiro atoms. The number of carbonyl (C=O) groups excluding carboxylic acids is 5. The lowest BCUT2D eigenvalue weighted by molar-refractivity contribution is -0.171. The fraction of sp³-hybridized carbons (Fsp3) is 0.351. The zero-order valence-electron chi connectivity index (χ0n) is 30.4. The van der Waals surface area contributed by atoms with Gasteiger partial charge in [0.25, 0.3) is 11.8 Å². The van der Waals surface area contributed by atoms with Crippen LogP contribution in [0.1, 0.15) is 83.6 Å². The predicted octanol–water partition coefficient (Wildman–Crippen LogP) is 2.78. The second-order valence-electron chi connectivity index (χ2n) is 12.2. The van der Waals surface area contributed by atoms with Crippen LogP contribution in [-0.4, -0.2) is 98.9 Å². The monoisotopic (exact) mass is 782 g/mol. The third-order valence-corrected chi connectivity index (χ3v) is 8.27. The summed E-state index contributed by atoms with van der Waals surface area (Å²) in [4.78, 5) is 103. The lowest BCUT2D eigenvalue weighted by Crippen LogP contribution is -2.49. The number of benzene rings is 2. The molecule has 300 valence electrons. The van der Waals surface area contributed by atoms with E-state index in [1.165, 1.54) is 48.5 Å². The van der Waals surface area contributed by atoms with Crippen LogP contribution in [0.25, 0.3) is 11.3 Å². The predicted molar refractivity (Wildman–Crippen MR) is 192 cm³/mol. The fourth-order valence-electron chi connectivity index (χ4n) is 5.49. The van der Waals surface area contributed by atoms with E-state index in [2.05, 4.69) is 16.0 Å². The number of amides is 4. The molecular weight excluding hydrogens is 740 g/mol. The molecule has 0 aliphatic heterocycles. The summed E-state index contributed by atoms with van der Waals surface area (Å²) in [5.41, 5.74) is -0.282. The molecule has 0 aliphatic rings. The van der Waals surface area contributed by atoms with E-state index >= 15 is 0 Å². The van der Waals surface area contributed by atoms with Gasteiger partial charge in [-0.15, -0.1) is 0 Å². The maximum absolute atomic E-state index is 13.5. The topological polar surface area (TPSA) is 288 Å². The number of para-hydroxylation sites is 1. The number of hydrogen-bond acceptors (Lipinski definition) is 12. The summed E-state index contributed by atoms with van der Waals surface area (Å²) in [6.45, 7) is 2.40. The van der Waals surface area contributed by atoms with Crippen LogP contribution in [0.2, 0.25) is 0 Å². The van der Waals surface area contributed by atoms with Gasteiger partial charge in [-0.1, -0.05) is 51.3 Å². The van der Waals surface area contributed by atoms with Gasteiger partial charge in [0, 0.05) is 5.56 Å². The van der Waals surface area contributed by atoms with Crippen LogP contribution in [0.5, 0.6) is 11.5 Å². The smallest absolute Gasteiger partial charge is 0.366 e. The molecular formula is C37H42N4O15. The van der Waals surface area contributed by atoms with E-state index in [0.717, 1.165) is 24.0 Å². The highest BCUT2D eigenvalue weighted by molar-refractivity contribution is 6.00. The number of phenolic OH excluding ortho intramolecular Hbond substituents is 1. The molecule has 56 heavy (non-hydrogen) atoms. The normalized spacial score (nSPS) is 12.2. The molecule has 3 unspecified atom stereocenters. The minimum absolute atomic E-state index is 0.0645. The molecule has 0 radical (unpaired) electrons. The Balaban J connectivity index is 1.73. The second-order valence-corrected chi connectivity index (χ2v) is 12.2. The van der Waals surface area contributed by atoms with Crippen molar-refractivity contribution in [2.45, 2.75) is 64.5 Å². The quantitative estimate of drug-likeness (QED) is 0.0315. The van der Waals surface area contributed by atoms with Gasteiger partial charge in [-0.3, -0.25) is 24.0 Å². The highest BCUT2D eigenvalue weighted by Crippen LogP contribution is 2.30. The first-order valence-electron chi connectivity index (χ1n) is 17.3. The van der Waals surface area contributed by atoms with Gasteiger partial charge in [0.2, 0.25) is 12.3 Å². The second kappa shape index (κ2) is 21.1. The average Bonchev–Trinajstić information content (AvgIpc) is 3.66. The van der Waals surface area contributed by atoms with Gasteiger partial charge >= 0.3 is 23.9 Å². The molecule has 0 bridgehead atoms. The highest BCUT2D eigenvalue weighted by Gasteiger charge is 2.34. The van der Waals surface area contributed by atoms with Crippen LogP contribution in [0.15, 0.2) is 59.0 Å². The maximum Gasteiger partial charge on any atom is 0.366 e. The summed E-state index contributed by atoms with van der Waals surface area (Å²) < 4.78 is 10.9. The number of hydroxylamine groups is 2.